The molecule has 1 aromatic carbocycles. The fraction of sp³-hybridized carbons (Fsp3) is 0.550. The summed E-state index contributed by atoms with van der Waals surface area (Å²) in [5.74, 6) is -1.75. The van der Waals surface area contributed by atoms with Crippen molar-refractivity contribution >= 4 is 35.0 Å². The average molecular weight is 438 g/mol. The van der Waals surface area contributed by atoms with Crippen molar-refractivity contribution in [2.45, 2.75) is 12.5 Å². The van der Waals surface area contributed by atoms with Gasteiger partial charge in [0.1, 0.15) is 0 Å². The van der Waals surface area contributed by atoms with Crippen LogP contribution < -0.4 is 10.6 Å². The minimum Gasteiger partial charge on any atom is -0.480 e. The van der Waals surface area contributed by atoms with Crippen molar-refractivity contribution in [3.8, 4) is 0 Å². The van der Waals surface area contributed by atoms with Crippen LogP contribution in [0.2, 0.25) is 0 Å². The van der Waals surface area contributed by atoms with E-state index in [1.165, 1.54) is 0 Å². The number of nitrogens with one attached hydrogen (secondary N) is 2. The Hall–Kier alpha value is -2.27. The molecule has 0 aliphatic carbocycles. The minimum atomic E-state index is -0.878. The molecule has 1 aromatic rings. The normalized spacial score (nSPS) is 19.3. The number of benzene rings is 1. The van der Waals surface area contributed by atoms with Crippen molar-refractivity contribution in [1.82, 2.24) is 20.0 Å². The number of likely N-dealkylation sites (N-methyl/N-ethyl adjacent to an activating group) is 1. The fourth-order valence-electron chi connectivity index (χ4n) is 3.50. The zero-order valence-electron chi connectivity index (χ0n) is 17.5. The van der Waals surface area contributed by atoms with Crippen LogP contribution in [0.4, 0.5) is 5.69 Å². The highest BCUT2D eigenvalue weighted by Crippen LogP contribution is 2.15. The number of carbonyl (C=O) groups is 2. The van der Waals surface area contributed by atoms with E-state index in [2.05, 4.69) is 15.5 Å². The molecule has 1 atom stereocenters. The molecule has 0 bridgehead atoms. The molecular formula is C20H31N5O4S. The number of thiocarbonyl (C=S) groups is 1. The van der Waals surface area contributed by atoms with Crippen LogP contribution in [-0.4, -0.2) is 108 Å². The van der Waals surface area contributed by atoms with E-state index >= 15 is 0 Å². The number of carboxylic acids is 2. The Morgan fingerprint density at radius 1 is 1.03 bits per heavy atom. The van der Waals surface area contributed by atoms with E-state index in [1.54, 1.807) is 7.05 Å². The quantitative estimate of drug-likeness (QED) is 0.443. The SMILES string of the molecule is CNC(=S)Nc1ccc(CC2CN(CC(=O)O)CCN(CC(=O)O)CCN2C)cc1. The van der Waals surface area contributed by atoms with Crippen LogP contribution in [0.15, 0.2) is 24.3 Å². The Bertz CT molecular complexity index is 730. The van der Waals surface area contributed by atoms with Crippen molar-refractivity contribution in [2.24, 2.45) is 0 Å². The van der Waals surface area contributed by atoms with Gasteiger partial charge in [0.25, 0.3) is 0 Å². The van der Waals surface area contributed by atoms with Crippen molar-refractivity contribution in [1.29, 1.82) is 0 Å². The molecule has 2 rings (SSSR count). The summed E-state index contributed by atoms with van der Waals surface area (Å²) in [7, 11) is 3.77. The third kappa shape index (κ3) is 8.23. The molecule has 4 N–H and O–H groups in total. The smallest absolute Gasteiger partial charge is 0.317 e. The standard InChI is InChI=1S/C20H31N5O4S/c1-21-20(30)22-16-5-3-15(4-6-16)11-17-12-25(14-19(28)29)10-9-24(13-18(26)27)8-7-23(17)2/h3-6,17H,7-14H2,1-2H3,(H,26,27)(H,28,29)(H2,21,22,30). The second-order valence-electron chi connectivity index (χ2n) is 7.54. The topological polar surface area (TPSA) is 108 Å². The number of nitrogens with zero attached hydrogens (tertiary/aromatic N) is 3. The maximum atomic E-state index is 11.3. The Morgan fingerprint density at radius 2 is 1.60 bits per heavy atom. The zero-order chi connectivity index (χ0) is 22.1. The number of hydrogen-bond acceptors (Lipinski definition) is 6. The summed E-state index contributed by atoms with van der Waals surface area (Å²) in [5.41, 5.74) is 2.04. The van der Waals surface area contributed by atoms with Gasteiger partial charge in [-0.2, -0.15) is 0 Å². The van der Waals surface area contributed by atoms with Crippen molar-refractivity contribution in [3.05, 3.63) is 29.8 Å². The van der Waals surface area contributed by atoms with Gasteiger partial charge in [0, 0.05) is 51.5 Å². The predicted octanol–water partition coefficient (Wildman–Crippen LogP) is 0.233. The molecule has 0 aromatic heterocycles. The Morgan fingerprint density at radius 3 is 2.20 bits per heavy atom. The first kappa shape index (κ1) is 24.0. The first-order chi connectivity index (χ1) is 14.3. The van der Waals surface area contributed by atoms with Gasteiger partial charge in [-0.1, -0.05) is 12.1 Å². The molecule has 0 spiro atoms. The van der Waals surface area contributed by atoms with Gasteiger partial charge in [-0.25, -0.2) is 0 Å². The number of carboxylic acid groups (broad SMARTS) is 2. The Labute approximate surface area is 182 Å². The maximum Gasteiger partial charge on any atom is 0.317 e. The first-order valence-electron chi connectivity index (χ1n) is 9.93. The molecule has 0 saturated carbocycles. The monoisotopic (exact) mass is 437 g/mol. The lowest BCUT2D eigenvalue weighted by Crippen LogP contribution is -2.45. The van der Waals surface area contributed by atoms with E-state index in [9.17, 15) is 14.7 Å². The lowest BCUT2D eigenvalue weighted by molar-refractivity contribution is -0.140. The summed E-state index contributed by atoms with van der Waals surface area (Å²) in [5, 5.41) is 24.9. The van der Waals surface area contributed by atoms with Crippen LogP contribution in [-0.2, 0) is 16.0 Å². The number of rotatable bonds is 7. The van der Waals surface area contributed by atoms with Crippen LogP contribution in [0.1, 0.15) is 5.56 Å². The summed E-state index contributed by atoms with van der Waals surface area (Å²) in [6.45, 7) is 2.91. The summed E-state index contributed by atoms with van der Waals surface area (Å²) in [4.78, 5) is 28.4. The van der Waals surface area contributed by atoms with Gasteiger partial charge in [-0.15, -0.1) is 0 Å². The number of anilines is 1. The van der Waals surface area contributed by atoms with E-state index in [4.69, 9.17) is 17.3 Å². The molecule has 9 nitrogen and oxygen atoms in total. The molecular weight excluding hydrogens is 406 g/mol. The van der Waals surface area contributed by atoms with E-state index in [1.807, 2.05) is 41.1 Å². The summed E-state index contributed by atoms with van der Waals surface area (Å²) in [6.07, 6.45) is 0.766. The van der Waals surface area contributed by atoms with Crippen LogP contribution >= 0.6 is 12.2 Å². The maximum absolute atomic E-state index is 11.3. The summed E-state index contributed by atoms with van der Waals surface area (Å²) >= 11 is 5.12. The summed E-state index contributed by atoms with van der Waals surface area (Å²) in [6, 6.07) is 8.14. The second kappa shape index (κ2) is 11.8. The second-order valence-corrected chi connectivity index (χ2v) is 7.95. The van der Waals surface area contributed by atoms with Crippen molar-refractivity contribution in [3.63, 3.8) is 0 Å². The lowest BCUT2D eigenvalue weighted by atomic mass is 10.0. The molecule has 1 aliphatic rings. The van der Waals surface area contributed by atoms with Gasteiger partial charge in [-0.05, 0) is 43.4 Å². The molecule has 1 saturated heterocycles. The first-order valence-corrected chi connectivity index (χ1v) is 10.3. The highest BCUT2D eigenvalue weighted by Gasteiger charge is 2.24. The van der Waals surface area contributed by atoms with E-state index in [0.29, 0.717) is 31.3 Å². The summed E-state index contributed by atoms with van der Waals surface area (Å²) < 4.78 is 0. The lowest BCUT2D eigenvalue weighted by Gasteiger charge is -2.31. The van der Waals surface area contributed by atoms with E-state index < -0.39 is 11.9 Å². The van der Waals surface area contributed by atoms with Crippen molar-refractivity contribution in [2.75, 3.05) is 65.2 Å². The largest absolute Gasteiger partial charge is 0.480 e. The zero-order valence-corrected chi connectivity index (χ0v) is 18.3. The third-order valence-corrected chi connectivity index (χ3v) is 5.53. The Kier molecular flexibility index (Phi) is 9.44. The van der Waals surface area contributed by atoms with Gasteiger partial charge in [-0.3, -0.25) is 19.4 Å². The molecule has 0 amide bonds. The fourth-order valence-corrected chi connectivity index (χ4v) is 3.62. The van der Waals surface area contributed by atoms with Gasteiger partial charge < -0.3 is 25.7 Å². The number of aliphatic carboxylic acids is 2. The van der Waals surface area contributed by atoms with Gasteiger partial charge in [0.05, 0.1) is 13.1 Å². The molecule has 1 unspecified atom stereocenters. The minimum absolute atomic E-state index is 0.0393. The molecule has 1 heterocycles. The van der Waals surface area contributed by atoms with Gasteiger partial charge in [0.15, 0.2) is 5.11 Å². The van der Waals surface area contributed by atoms with Crippen LogP contribution in [0.25, 0.3) is 0 Å². The molecule has 0 radical (unpaired) electrons. The van der Waals surface area contributed by atoms with Crippen LogP contribution in [0.5, 0.6) is 0 Å². The highest BCUT2D eigenvalue weighted by molar-refractivity contribution is 7.80. The predicted molar refractivity (Wildman–Crippen MR) is 120 cm³/mol. The van der Waals surface area contributed by atoms with Crippen LogP contribution in [0.3, 0.4) is 0 Å². The van der Waals surface area contributed by atoms with Gasteiger partial charge >= 0.3 is 11.9 Å². The van der Waals surface area contributed by atoms with E-state index in [-0.39, 0.29) is 19.1 Å². The molecule has 166 valence electrons. The third-order valence-electron chi connectivity index (χ3n) is 5.22. The molecule has 10 heteroatoms. The van der Waals surface area contributed by atoms with Crippen LogP contribution in [0, 0.1) is 0 Å². The average Bonchev–Trinajstić information content (AvgIpc) is 2.74. The molecule has 1 fully saturated rings. The highest BCUT2D eigenvalue weighted by atomic mass is 32.1. The van der Waals surface area contributed by atoms with Crippen molar-refractivity contribution < 1.29 is 19.8 Å². The van der Waals surface area contributed by atoms with Gasteiger partial charge in [0.2, 0.25) is 0 Å². The number of hydrogen-bond donors (Lipinski definition) is 4. The van der Waals surface area contributed by atoms with E-state index in [0.717, 1.165) is 24.2 Å². The molecule has 1 aliphatic heterocycles. The Balaban J connectivity index is 2.10. The molecule has 30 heavy (non-hydrogen) atoms.